The Morgan fingerprint density at radius 1 is 1.59 bits per heavy atom. The van der Waals surface area contributed by atoms with Gasteiger partial charge in [-0.2, -0.15) is 0 Å². The standard InChI is InChI=1S/C12H22N2O2S/c1-2-5-10(11(13)17)12(15)14-8-9-6-3-4-7-16-9/h9-10H,2-8H2,1H3,(H2,13,17)(H,14,15). The highest BCUT2D eigenvalue weighted by Crippen LogP contribution is 2.12. The number of hydrogen-bond acceptors (Lipinski definition) is 3. The molecule has 0 aromatic carbocycles. The third kappa shape index (κ3) is 5.00. The Morgan fingerprint density at radius 2 is 2.35 bits per heavy atom. The van der Waals surface area contributed by atoms with E-state index in [1.165, 1.54) is 6.42 Å². The van der Waals surface area contributed by atoms with Gasteiger partial charge in [-0.15, -0.1) is 0 Å². The van der Waals surface area contributed by atoms with Gasteiger partial charge in [-0.3, -0.25) is 4.79 Å². The first kappa shape index (κ1) is 14.4. The molecule has 2 atom stereocenters. The number of rotatable bonds is 6. The molecule has 0 aromatic rings. The summed E-state index contributed by atoms with van der Waals surface area (Å²) in [6, 6.07) is 0. The second-order valence-corrected chi connectivity index (χ2v) is 4.95. The molecular formula is C12H22N2O2S. The lowest BCUT2D eigenvalue weighted by Crippen LogP contribution is -2.42. The van der Waals surface area contributed by atoms with Crippen LogP contribution >= 0.6 is 12.2 Å². The van der Waals surface area contributed by atoms with Crippen molar-refractivity contribution in [3.8, 4) is 0 Å². The minimum absolute atomic E-state index is 0.0616. The summed E-state index contributed by atoms with van der Waals surface area (Å²) >= 11 is 4.92. The average molecular weight is 258 g/mol. The number of thiocarbonyl (C=S) groups is 1. The molecule has 98 valence electrons. The molecule has 17 heavy (non-hydrogen) atoms. The van der Waals surface area contributed by atoms with Crippen LogP contribution < -0.4 is 11.1 Å². The van der Waals surface area contributed by atoms with Crippen LogP contribution in [0.3, 0.4) is 0 Å². The second kappa shape index (κ2) is 7.61. The van der Waals surface area contributed by atoms with Gasteiger partial charge in [-0.05, 0) is 25.7 Å². The fourth-order valence-corrected chi connectivity index (χ4v) is 2.22. The van der Waals surface area contributed by atoms with Gasteiger partial charge in [0, 0.05) is 13.2 Å². The van der Waals surface area contributed by atoms with Gasteiger partial charge in [0.2, 0.25) is 5.91 Å². The Hall–Kier alpha value is -0.680. The van der Waals surface area contributed by atoms with Crippen LogP contribution in [-0.4, -0.2) is 30.2 Å². The molecule has 1 aliphatic rings. The van der Waals surface area contributed by atoms with Gasteiger partial charge in [-0.1, -0.05) is 25.6 Å². The van der Waals surface area contributed by atoms with E-state index >= 15 is 0 Å². The number of hydrogen-bond donors (Lipinski definition) is 2. The van der Waals surface area contributed by atoms with Gasteiger partial charge in [0.05, 0.1) is 17.0 Å². The molecule has 0 radical (unpaired) electrons. The van der Waals surface area contributed by atoms with E-state index in [2.05, 4.69) is 5.32 Å². The summed E-state index contributed by atoms with van der Waals surface area (Å²) in [6.45, 7) is 3.39. The number of carbonyl (C=O) groups excluding carboxylic acids is 1. The fraction of sp³-hybridized carbons (Fsp3) is 0.833. The molecule has 3 N–H and O–H groups in total. The van der Waals surface area contributed by atoms with Gasteiger partial charge >= 0.3 is 0 Å². The minimum Gasteiger partial charge on any atom is -0.393 e. The van der Waals surface area contributed by atoms with Crippen LogP contribution in [-0.2, 0) is 9.53 Å². The van der Waals surface area contributed by atoms with E-state index in [1.54, 1.807) is 0 Å². The molecule has 4 nitrogen and oxygen atoms in total. The van der Waals surface area contributed by atoms with Crippen molar-refractivity contribution in [1.29, 1.82) is 0 Å². The fourth-order valence-electron chi connectivity index (χ4n) is 2.00. The lowest BCUT2D eigenvalue weighted by Gasteiger charge is -2.23. The maximum atomic E-state index is 11.9. The molecule has 1 rings (SSSR count). The van der Waals surface area contributed by atoms with E-state index in [0.29, 0.717) is 13.0 Å². The van der Waals surface area contributed by atoms with Crippen molar-refractivity contribution in [2.45, 2.75) is 45.1 Å². The van der Waals surface area contributed by atoms with E-state index < -0.39 is 0 Å². The van der Waals surface area contributed by atoms with E-state index in [-0.39, 0.29) is 22.9 Å². The van der Waals surface area contributed by atoms with Crippen LogP contribution in [0.2, 0.25) is 0 Å². The lowest BCUT2D eigenvalue weighted by atomic mass is 10.0. The maximum absolute atomic E-state index is 11.9. The highest BCUT2D eigenvalue weighted by atomic mass is 32.1. The van der Waals surface area contributed by atoms with Crippen molar-refractivity contribution < 1.29 is 9.53 Å². The molecule has 0 saturated carbocycles. The summed E-state index contributed by atoms with van der Waals surface area (Å²) in [5, 5.41) is 2.89. The third-order valence-electron chi connectivity index (χ3n) is 3.02. The Kier molecular flexibility index (Phi) is 6.44. The highest BCUT2D eigenvalue weighted by Gasteiger charge is 2.22. The Labute approximate surface area is 108 Å². The zero-order valence-corrected chi connectivity index (χ0v) is 11.2. The van der Waals surface area contributed by atoms with Crippen LogP contribution in [0, 0.1) is 5.92 Å². The van der Waals surface area contributed by atoms with Gasteiger partial charge in [0.15, 0.2) is 0 Å². The molecule has 2 unspecified atom stereocenters. The second-order valence-electron chi connectivity index (χ2n) is 4.48. The predicted octanol–water partition coefficient (Wildman–Crippen LogP) is 1.37. The zero-order chi connectivity index (χ0) is 12.7. The first-order valence-corrected chi connectivity index (χ1v) is 6.74. The van der Waals surface area contributed by atoms with Crippen LogP contribution in [0.1, 0.15) is 39.0 Å². The van der Waals surface area contributed by atoms with Crippen LogP contribution in [0.4, 0.5) is 0 Å². The molecule has 1 heterocycles. The number of nitrogens with one attached hydrogen (secondary N) is 1. The predicted molar refractivity (Wildman–Crippen MR) is 71.8 cm³/mol. The van der Waals surface area contributed by atoms with E-state index in [4.69, 9.17) is 22.7 Å². The van der Waals surface area contributed by atoms with Crippen molar-refractivity contribution in [1.82, 2.24) is 5.32 Å². The number of nitrogens with two attached hydrogens (primary N) is 1. The quantitative estimate of drug-likeness (QED) is 0.706. The topological polar surface area (TPSA) is 64.3 Å². The molecule has 5 heteroatoms. The molecule has 1 aliphatic heterocycles. The van der Waals surface area contributed by atoms with Crippen LogP contribution in [0.5, 0.6) is 0 Å². The number of carbonyl (C=O) groups is 1. The smallest absolute Gasteiger partial charge is 0.230 e. The van der Waals surface area contributed by atoms with Crippen molar-refractivity contribution in [2.24, 2.45) is 11.7 Å². The monoisotopic (exact) mass is 258 g/mol. The van der Waals surface area contributed by atoms with Gasteiger partial charge < -0.3 is 15.8 Å². The van der Waals surface area contributed by atoms with Crippen molar-refractivity contribution in [2.75, 3.05) is 13.2 Å². The molecular weight excluding hydrogens is 236 g/mol. The summed E-state index contributed by atoms with van der Waals surface area (Å²) in [5.74, 6) is -0.396. The minimum atomic E-state index is -0.335. The van der Waals surface area contributed by atoms with Gasteiger partial charge in [-0.25, -0.2) is 0 Å². The molecule has 1 saturated heterocycles. The van der Waals surface area contributed by atoms with E-state index in [1.807, 2.05) is 6.92 Å². The highest BCUT2D eigenvalue weighted by molar-refractivity contribution is 7.80. The molecule has 0 bridgehead atoms. The zero-order valence-electron chi connectivity index (χ0n) is 10.4. The molecule has 1 amide bonds. The molecule has 0 spiro atoms. The third-order valence-corrected chi connectivity index (χ3v) is 3.30. The molecule has 0 aliphatic carbocycles. The first-order chi connectivity index (χ1) is 8.15. The summed E-state index contributed by atoms with van der Waals surface area (Å²) in [6.07, 6.45) is 5.08. The van der Waals surface area contributed by atoms with E-state index in [9.17, 15) is 4.79 Å². The Morgan fingerprint density at radius 3 is 2.88 bits per heavy atom. The summed E-state index contributed by atoms with van der Waals surface area (Å²) in [5.41, 5.74) is 5.57. The van der Waals surface area contributed by atoms with Crippen molar-refractivity contribution in [3.63, 3.8) is 0 Å². The van der Waals surface area contributed by atoms with Crippen molar-refractivity contribution in [3.05, 3.63) is 0 Å². The summed E-state index contributed by atoms with van der Waals surface area (Å²) in [4.78, 5) is 12.2. The normalized spacial score (nSPS) is 21.8. The van der Waals surface area contributed by atoms with Gasteiger partial charge in [0.25, 0.3) is 0 Å². The summed E-state index contributed by atoms with van der Waals surface area (Å²) in [7, 11) is 0. The van der Waals surface area contributed by atoms with Crippen LogP contribution in [0.25, 0.3) is 0 Å². The maximum Gasteiger partial charge on any atom is 0.230 e. The largest absolute Gasteiger partial charge is 0.393 e. The van der Waals surface area contributed by atoms with Gasteiger partial charge in [0.1, 0.15) is 0 Å². The SMILES string of the molecule is CCCC(C(=O)NCC1CCCCO1)C(N)=S. The molecule has 0 aromatic heterocycles. The van der Waals surface area contributed by atoms with Crippen LogP contribution in [0.15, 0.2) is 0 Å². The lowest BCUT2D eigenvalue weighted by molar-refractivity contribution is -0.124. The number of amides is 1. The molecule has 1 fully saturated rings. The first-order valence-electron chi connectivity index (χ1n) is 6.33. The van der Waals surface area contributed by atoms with Crippen molar-refractivity contribution >= 4 is 23.1 Å². The summed E-state index contributed by atoms with van der Waals surface area (Å²) < 4.78 is 5.55. The average Bonchev–Trinajstić information content (AvgIpc) is 2.34. The van der Waals surface area contributed by atoms with E-state index in [0.717, 1.165) is 25.9 Å². The Balaban J connectivity index is 2.33. The Bertz CT molecular complexity index is 265. The number of ether oxygens (including phenoxy) is 1.